The van der Waals surface area contributed by atoms with Crippen molar-refractivity contribution < 1.29 is 18.8 Å². The third-order valence-corrected chi connectivity index (χ3v) is 3.06. The van der Waals surface area contributed by atoms with Crippen LogP contribution in [0.3, 0.4) is 0 Å². The molecule has 1 rings (SSSR count). The number of carbonyl (C=O) groups is 2. The molecular weight excluding hydrogens is 260 g/mol. The second kappa shape index (κ2) is 6.52. The molecular formula is C14H20O4Si. The van der Waals surface area contributed by atoms with Crippen LogP contribution in [0.4, 0.5) is 0 Å². The first kappa shape index (κ1) is 15.4. The van der Waals surface area contributed by atoms with E-state index in [4.69, 9.17) is 9.16 Å². The third kappa shape index (κ3) is 6.76. The molecule has 0 bridgehead atoms. The SMILES string of the molecule is CC(=O)Oc1ccc(CCC(=O)O[Si](C)(C)C)cc1. The van der Waals surface area contributed by atoms with E-state index in [9.17, 15) is 9.59 Å². The summed E-state index contributed by atoms with van der Waals surface area (Å²) in [4.78, 5) is 22.4. The minimum Gasteiger partial charge on any atom is -0.520 e. The molecule has 0 N–H and O–H groups in total. The summed E-state index contributed by atoms with van der Waals surface area (Å²) in [5, 5.41) is 0. The molecule has 0 aliphatic rings. The number of esters is 1. The predicted molar refractivity (Wildman–Crippen MR) is 75.5 cm³/mol. The van der Waals surface area contributed by atoms with Crippen molar-refractivity contribution >= 4 is 20.3 Å². The van der Waals surface area contributed by atoms with Gasteiger partial charge >= 0.3 is 5.97 Å². The largest absolute Gasteiger partial charge is 0.520 e. The normalized spacial score (nSPS) is 10.9. The van der Waals surface area contributed by atoms with Crippen LogP contribution in [-0.4, -0.2) is 20.3 Å². The smallest absolute Gasteiger partial charge is 0.308 e. The second-order valence-corrected chi connectivity index (χ2v) is 9.75. The Morgan fingerprint density at radius 3 is 2.16 bits per heavy atom. The highest BCUT2D eigenvalue weighted by molar-refractivity contribution is 6.71. The molecule has 0 saturated heterocycles. The van der Waals surface area contributed by atoms with Gasteiger partial charge in [0, 0.05) is 13.3 Å². The maximum Gasteiger partial charge on any atom is 0.308 e. The van der Waals surface area contributed by atoms with E-state index < -0.39 is 8.32 Å². The summed E-state index contributed by atoms with van der Waals surface area (Å²) < 4.78 is 10.3. The van der Waals surface area contributed by atoms with Crippen LogP contribution in [0.25, 0.3) is 0 Å². The number of ether oxygens (including phenoxy) is 1. The van der Waals surface area contributed by atoms with Gasteiger partial charge in [-0.15, -0.1) is 0 Å². The zero-order valence-corrected chi connectivity index (χ0v) is 12.9. The molecule has 0 heterocycles. The summed E-state index contributed by atoms with van der Waals surface area (Å²) in [5.41, 5.74) is 1.02. The van der Waals surface area contributed by atoms with Gasteiger partial charge < -0.3 is 9.16 Å². The van der Waals surface area contributed by atoms with Gasteiger partial charge in [-0.25, -0.2) is 0 Å². The topological polar surface area (TPSA) is 52.6 Å². The molecule has 1 aromatic carbocycles. The molecule has 19 heavy (non-hydrogen) atoms. The van der Waals surface area contributed by atoms with Gasteiger partial charge in [0.15, 0.2) is 0 Å². The molecule has 0 aromatic heterocycles. The maximum absolute atomic E-state index is 11.6. The number of aryl methyl sites for hydroxylation is 1. The summed E-state index contributed by atoms with van der Waals surface area (Å²) in [6.07, 6.45) is 1.00. The maximum atomic E-state index is 11.6. The molecule has 0 aliphatic heterocycles. The van der Waals surface area contributed by atoms with Gasteiger partial charge in [-0.2, -0.15) is 0 Å². The van der Waals surface area contributed by atoms with E-state index in [1.54, 1.807) is 12.1 Å². The molecule has 5 heteroatoms. The molecule has 4 nitrogen and oxygen atoms in total. The van der Waals surface area contributed by atoms with Crippen LogP contribution in [0.2, 0.25) is 19.6 Å². The number of carbonyl (C=O) groups excluding carboxylic acids is 2. The Labute approximate surface area is 114 Å². The lowest BCUT2D eigenvalue weighted by molar-refractivity contribution is -0.135. The molecule has 0 fully saturated rings. The summed E-state index contributed by atoms with van der Waals surface area (Å²) >= 11 is 0. The quantitative estimate of drug-likeness (QED) is 0.473. The Bertz CT molecular complexity index is 446. The van der Waals surface area contributed by atoms with Crippen LogP contribution in [0, 0.1) is 0 Å². The van der Waals surface area contributed by atoms with Crippen LogP contribution in [0.5, 0.6) is 5.75 Å². The van der Waals surface area contributed by atoms with Gasteiger partial charge in [0.2, 0.25) is 8.32 Å². The van der Waals surface area contributed by atoms with Gasteiger partial charge in [0.1, 0.15) is 5.75 Å². The Kier molecular flexibility index (Phi) is 5.29. The molecule has 0 unspecified atom stereocenters. The van der Waals surface area contributed by atoms with Crippen molar-refractivity contribution in [3.63, 3.8) is 0 Å². The van der Waals surface area contributed by atoms with Crippen molar-refractivity contribution in [2.45, 2.75) is 39.4 Å². The van der Waals surface area contributed by atoms with E-state index in [0.29, 0.717) is 18.6 Å². The minimum absolute atomic E-state index is 0.150. The number of hydrogen-bond acceptors (Lipinski definition) is 4. The molecule has 1 aromatic rings. The van der Waals surface area contributed by atoms with E-state index in [1.165, 1.54) is 6.92 Å². The first-order valence-corrected chi connectivity index (χ1v) is 9.66. The highest BCUT2D eigenvalue weighted by Crippen LogP contribution is 2.14. The average molecular weight is 280 g/mol. The second-order valence-electron chi connectivity index (χ2n) is 5.32. The van der Waals surface area contributed by atoms with Crippen molar-refractivity contribution in [2.75, 3.05) is 0 Å². The van der Waals surface area contributed by atoms with E-state index in [-0.39, 0.29) is 11.9 Å². The summed E-state index contributed by atoms with van der Waals surface area (Å²) in [6, 6.07) is 7.14. The van der Waals surface area contributed by atoms with Crippen LogP contribution in [0.15, 0.2) is 24.3 Å². The summed E-state index contributed by atoms with van der Waals surface area (Å²) in [7, 11) is -1.79. The highest BCUT2D eigenvalue weighted by Gasteiger charge is 2.19. The number of hydrogen-bond donors (Lipinski definition) is 0. The lowest BCUT2D eigenvalue weighted by Crippen LogP contribution is -2.29. The molecule has 104 valence electrons. The molecule has 0 radical (unpaired) electrons. The summed E-state index contributed by atoms with van der Waals surface area (Å²) in [6.45, 7) is 7.32. The van der Waals surface area contributed by atoms with Crippen molar-refractivity contribution in [1.82, 2.24) is 0 Å². The van der Waals surface area contributed by atoms with Gasteiger partial charge in [-0.05, 0) is 43.8 Å². The highest BCUT2D eigenvalue weighted by atomic mass is 28.4. The monoisotopic (exact) mass is 280 g/mol. The van der Waals surface area contributed by atoms with Crippen LogP contribution >= 0.6 is 0 Å². The van der Waals surface area contributed by atoms with Crippen LogP contribution < -0.4 is 4.74 Å². The minimum atomic E-state index is -1.79. The van der Waals surface area contributed by atoms with E-state index in [1.807, 2.05) is 31.8 Å². The zero-order chi connectivity index (χ0) is 14.5. The van der Waals surface area contributed by atoms with Crippen LogP contribution in [0.1, 0.15) is 18.9 Å². The van der Waals surface area contributed by atoms with Crippen molar-refractivity contribution in [1.29, 1.82) is 0 Å². The first-order chi connectivity index (χ1) is 8.76. The number of benzene rings is 1. The standard InChI is InChI=1S/C14H20O4Si/c1-11(15)17-13-8-5-12(6-9-13)7-10-14(16)18-19(2,3)4/h5-6,8-9H,7,10H2,1-4H3. The van der Waals surface area contributed by atoms with Crippen molar-refractivity contribution in [3.8, 4) is 5.75 Å². The predicted octanol–water partition coefficient (Wildman–Crippen LogP) is 2.92. The number of rotatable bonds is 5. The van der Waals surface area contributed by atoms with Crippen LogP contribution in [-0.2, 0) is 20.4 Å². The van der Waals surface area contributed by atoms with Crippen molar-refractivity contribution in [3.05, 3.63) is 29.8 Å². The van der Waals surface area contributed by atoms with E-state index in [0.717, 1.165) is 5.56 Å². The lowest BCUT2D eigenvalue weighted by Gasteiger charge is -2.17. The molecule has 0 aliphatic carbocycles. The molecule has 0 saturated carbocycles. The van der Waals surface area contributed by atoms with E-state index in [2.05, 4.69) is 0 Å². The Balaban J connectivity index is 2.46. The Morgan fingerprint density at radius 2 is 1.68 bits per heavy atom. The molecule has 0 amide bonds. The van der Waals surface area contributed by atoms with Gasteiger partial charge in [-0.1, -0.05) is 12.1 Å². The average Bonchev–Trinajstić information content (AvgIpc) is 2.25. The fraction of sp³-hybridized carbons (Fsp3) is 0.429. The van der Waals surface area contributed by atoms with Gasteiger partial charge in [-0.3, -0.25) is 9.59 Å². The first-order valence-electron chi connectivity index (χ1n) is 6.25. The summed E-state index contributed by atoms with van der Waals surface area (Å²) in [5.74, 6) is 0.0237. The van der Waals surface area contributed by atoms with Gasteiger partial charge in [0.05, 0.1) is 0 Å². The molecule has 0 spiro atoms. The van der Waals surface area contributed by atoms with E-state index >= 15 is 0 Å². The zero-order valence-electron chi connectivity index (χ0n) is 11.9. The third-order valence-electron chi connectivity index (χ3n) is 2.22. The lowest BCUT2D eigenvalue weighted by atomic mass is 10.1. The fourth-order valence-corrected chi connectivity index (χ4v) is 2.31. The Hall–Kier alpha value is -1.62. The van der Waals surface area contributed by atoms with Crippen molar-refractivity contribution in [2.24, 2.45) is 0 Å². The fourth-order valence-electron chi connectivity index (χ4n) is 1.53. The Morgan fingerprint density at radius 1 is 1.11 bits per heavy atom. The molecule has 0 atom stereocenters. The van der Waals surface area contributed by atoms with Gasteiger partial charge in [0.25, 0.3) is 5.97 Å².